The molecule has 1 aromatic rings. The lowest BCUT2D eigenvalue weighted by molar-refractivity contribution is -0.0279. The van der Waals surface area contributed by atoms with Crippen molar-refractivity contribution < 1.29 is 4.74 Å². The molecular formula is C14H24N4O. The van der Waals surface area contributed by atoms with Crippen molar-refractivity contribution in [2.75, 3.05) is 30.3 Å². The van der Waals surface area contributed by atoms with Gasteiger partial charge in [0.2, 0.25) is 0 Å². The third kappa shape index (κ3) is 2.97. The van der Waals surface area contributed by atoms with Crippen molar-refractivity contribution in [3.05, 3.63) is 11.4 Å². The molecule has 0 aromatic carbocycles. The lowest BCUT2D eigenvalue weighted by Gasteiger charge is -2.39. The van der Waals surface area contributed by atoms with Crippen LogP contribution in [0.25, 0.3) is 0 Å². The summed E-state index contributed by atoms with van der Waals surface area (Å²) in [6.45, 7) is 12.7. The Morgan fingerprint density at radius 2 is 2.00 bits per heavy atom. The van der Waals surface area contributed by atoms with Crippen molar-refractivity contribution >= 4 is 11.6 Å². The molecular weight excluding hydrogens is 240 g/mol. The summed E-state index contributed by atoms with van der Waals surface area (Å²) < 4.78 is 5.75. The molecule has 1 aliphatic heterocycles. The summed E-state index contributed by atoms with van der Waals surface area (Å²) in [7, 11) is 0. The zero-order chi connectivity index (χ0) is 14.2. The number of nitrogens with two attached hydrogens (primary N) is 1. The molecule has 0 amide bonds. The topological polar surface area (TPSA) is 64.3 Å². The molecule has 5 heteroatoms. The van der Waals surface area contributed by atoms with E-state index >= 15 is 0 Å². The lowest BCUT2D eigenvalue weighted by Crippen LogP contribution is -2.49. The summed E-state index contributed by atoms with van der Waals surface area (Å²) in [5.74, 6) is 2.61. The summed E-state index contributed by atoms with van der Waals surface area (Å²) in [5.41, 5.74) is 6.83. The molecule has 19 heavy (non-hydrogen) atoms. The molecule has 0 bridgehead atoms. The molecule has 1 aromatic heterocycles. The van der Waals surface area contributed by atoms with Crippen molar-refractivity contribution in [3.8, 4) is 0 Å². The van der Waals surface area contributed by atoms with Crippen LogP contribution in [0, 0.1) is 6.92 Å². The maximum absolute atomic E-state index is 6.02. The molecule has 0 spiro atoms. The molecule has 1 aliphatic rings. The minimum absolute atomic E-state index is 0.150. The van der Waals surface area contributed by atoms with Crippen molar-refractivity contribution in [2.45, 2.75) is 46.1 Å². The van der Waals surface area contributed by atoms with Gasteiger partial charge in [0.15, 0.2) is 0 Å². The Bertz CT molecular complexity index is 471. The van der Waals surface area contributed by atoms with Crippen molar-refractivity contribution in [3.63, 3.8) is 0 Å². The monoisotopic (exact) mass is 264 g/mol. The van der Waals surface area contributed by atoms with E-state index in [1.807, 2.05) is 6.92 Å². The first kappa shape index (κ1) is 14.1. The molecule has 2 rings (SSSR count). The van der Waals surface area contributed by atoms with Gasteiger partial charge in [-0.3, -0.25) is 0 Å². The molecule has 0 atom stereocenters. The van der Waals surface area contributed by atoms with Gasteiger partial charge in [0.05, 0.1) is 12.2 Å². The fourth-order valence-electron chi connectivity index (χ4n) is 2.30. The van der Waals surface area contributed by atoms with Crippen molar-refractivity contribution in [2.24, 2.45) is 0 Å². The first-order valence-electron chi connectivity index (χ1n) is 6.83. The van der Waals surface area contributed by atoms with Crippen LogP contribution >= 0.6 is 0 Å². The second-order valence-electron chi connectivity index (χ2n) is 6.10. The number of anilines is 2. The summed E-state index contributed by atoms with van der Waals surface area (Å²) in [4.78, 5) is 11.3. The number of aromatic nitrogens is 2. The minimum atomic E-state index is -0.150. The number of hydrogen-bond donors (Lipinski definition) is 1. The fourth-order valence-corrected chi connectivity index (χ4v) is 2.30. The third-order valence-corrected chi connectivity index (χ3v) is 3.42. The number of hydrogen-bond acceptors (Lipinski definition) is 5. The zero-order valence-electron chi connectivity index (χ0n) is 12.5. The van der Waals surface area contributed by atoms with E-state index in [9.17, 15) is 0 Å². The highest BCUT2D eigenvalue weighted by Gasteiger charge is 2.29. The Morgan fingerprint density at radius 1 is 1.32 bits per heavy atom. The Morgan fingerprint density at radius 3 is 2.58 bits per heavy atom. The summed E-state index contributed by atoms with van der Waals surface area (Å²) in [6.07, 6.45) is 0. The largest absolute Gasteiger partial charge is 0.383 e. The second-order valence-corrected chi connectivity index (χ2v) is 6.10. The van der Waals surface area contributed by atoms with Crippen LogP contribution < -0.4 is 10.6 Å². The molecule has 0 aliphatic carbocycles. The van der Waals surface area contributed by atoms with E-state index < -0.39 is 0 Å². The molecule has 2 N–H and O–H groups in total. The maximum atomic E-state index is 6.02. The highest BCUT2D eigenvalue weighted by Crippen LogP contribution is 2.28. The number of nitrogen functional groups attached to an aromatic ring is 1. The van der Waals surface area contributed by atoms with E-state index in [1.54, 1.807) is 0 Å². The van der Waals surface area contributed by atoms with Gasteiger partial charge in [-0.2, -0.15) is 0 Å². The number of nitrogens with zero attached hydrogens (tertiary/aromatic N) is 3. The van der Waals surface area contributed by atoms with Crippen LogP contribution in [0.4, 0.5) is 11.6 Å². The van der Waals surface area contributed by atoms with Crippen LogP contribution in [0.3, 0.4) is 0 Å². The van der Waals surface area contributed by atoms with E-state index in [-0.39, 0.29) is 11.5 Å². The highest BCUT2D eigenvalue weighted by atomic mass is 16.5. The molecule has 106 valence electrons. The first-order chi connectivity index (χ1) is 8.80. The van der Waals surface area contributed by atoms with Gasteiger partial charge in [0, 0.05) is 24.6 Å². The quantitative estimate of drug-likeness (QED) is 0.886. The molecule has 1 fully saturated rings. The average Bonchev–Trinajstić information content (AvgIpc) is 2.30. The maximum Gasteiger partial charge on any atom is 0.137 e. The smallest absolute Gasteiger partial charge is 0.137 e. The van der Waals surface area contributed by atoms with Gasteiger partial charge >= 0.3 is 0 Å². The molecule has 0 unspecified atom stereocenters. The standard InChI is InChI=1S/C14H24N4O/c1-9(2)12-16-11(15)10(3)13(17-12)18-6-7-19-14(4,5)8-18/h9H,6-8H2,1-5H3,(H2,15,16,17). The van der Waals surface area contributed by atoms with Crippen molar-refractivity contribution in [1.29, 1.82) is 0 Å². The second kappa shape index (κ2) is 4.96. The van der Waals surface area contributed by atoms with Crippen LogP contribution in [0.15, 0.2) is 0 Å². The normalized spacial score (nSPS) is 18.9. The summed E-state index contributed by atoms with van der Waals surface area (Å²) in [5, 5.41) is 0. The number of rotatable bonds is 2. The van der Waals surface area contributed by atoms with Crippen LogP contribution in [0.5, 0.6) is 0 Å². The van der Waals surface area contributed by atoms with Crippen LogP contribution in [-0.4, -0.2) is 35.3 Å². The lowest BCUT2D eigenvalue weighted by atomic mass is 10.1. The van der Waals surface area contributed by atoms with Gasteiger partial charge in [-0.1, -0.05) is 13.8 Å². The van der Waals surface area contributed by atoms with E-state index in [0.717, 1.165) is 30.3 Å². The van der Waals surface area contributed by atoms with E-state index in [2.05, 4.69) is 37.6 Å². The summed E-state index contributed by atoms with van der Waals surface area (Å²) in [6, 6.07) is 0. The van der Waals surface area contributed by atoms with Crippen molar-refractivity contribution in [1.82, 2.24) is 9.97 Å². The van der Waals surface area contributed by atoms with Gasteiger partial charge in [-0.05, 0) is 20.8 Å². The predicted octanol–water partition coefficient (Wildman–Crippen LogP) is 2.11. The Labute approximate surface area is 115 Å². The van der Waals surface area contributed by atoms with Gasteiger partial charge in [-0.25, -0.2) is 9.97 Å². The SMILES string of the molecule is Cc1c(N)nc(C(C)C)nc1N1CCOC(C)(C)C1. The first-order valence-corrected chi connectivity index (χ1v) is 6.83. The Hall–Kier alpha value is -1.36. The van der Waals surface area contributed by atoms with Gasteiger partial charge in [0.25, 0.3) is 0 Å². The van der Waals surface area contributed by atoms with Crippen LogP contribution in [-0.2, 0) is 4.74 Å². The average molecular weight is 264 g/mol. The van der Waals surface area contributed by atoms with Gasteiger partial charge in [0.1, 0.15) is 17.5 Å². The third-order valence-electron chi connectivity index (χ3n) is 3.42. The highest BCUT2D eigenvalue weighted by molar-refractivity contribution is 5.57. The molecule has 2 heterocycles. The summed E-state index contributed by atoms with van der Waals surface area (Å²) >= 11 is 0. The van der Waals surface area contributed by atoms with Crippen LogP contribution in [0.2, 0.25) is 0 Å². The predicted molar refractivity (Wildman–Crippen MR) is 77.5 cm³/mol. The Balaban J connectivity index is 2.38. The molecule has 1 saturated heterocycles. The van der Waals surface area contributed by atoms with E-state index in [4.69, 9.17) is 15.5 Å². The van der Waals surface area contributed by atoms with Gasteiger partial charge in [-0.15, -0.1) is 0 Å². The van der Waals surface area contributed by atoms with E-state index in [0.29, 0.717) is 12.4 Å². The van der Waals surface area contributed by atoms with Crippen LogP contribution in [0.1, 0.15) is 45.0 Å². The molecule has 0 saturated carbocycles. The van der Waals surface area contributed by atoms with Gasteiger partial charge < -0.3 is 15.4 Å². The number of morpholine rings is 1. The fraction of sp³-hybridized carbons (Fsp3) is 0.714. The van der Waals surface area contributed by atoms with E-state index in [1.165, 1.54) is 0 Å². The minimum Gasteiger partial charge on any atom is -0.383 e. The number of ether oxygens (including phenoxy) is 1. The molecule has 0 radical (unpaired) electrons. The molecule has 5 nitrogen and oxygen atoms in total. The zero-order valence-corrected chi connectivity index (χ0v) is 12.5. The Kier molecular flexibility index (Phi) is 3.67.